The van der Waals surface area contributed by atoms with Crippen molar-refractivity contribution in [2.75, 3.05) is 5.32 Å². The van der Waals surface area contributed by atoms with Crippen molar-refractivity contribution < 1.29 is 9.53 Å². The predicted octanol–water partition coefficient (Wildman–Crippen LogP) is 2.30. The minimum Gasteiger partial charge on any atom is -0.444 e. The summed E-state index contributed by atoms with van der Waals surface area (Å²) >= 11 is 0. The number of carbonyl (C=O) groups excluding carboxylic acids is 1. The van der Waals surface area contributed by atoms with Crippen molar-refractivity contribution in [1.82, 2.24) is 15.0 Å². The molecule has 2 rings (SSSR count). The second-order valence-electron chi connectivity index (χ2n) is 4.59. The normalized spacial score (nSPS) is 11.5. The summed E-state index contributed by atoms with van der Waals surface area (Å²) in [6.45, 7) is 5.41. The van der Waals surface area contributed by atoms with Gasteiger partial charge in [-0.05, 0) is 26.8 Å². The third-order valence-corrected chi connectivity index (χ3v) is 1.96. The van der Waals surface area contributed by atoms with Crippen molar-refractivity contribution in [3.63, 3.8) is 0 Å². The summed E-state index contributed by atoms with van der Waals surface area (Å²) < 4.78 is 5.14. The molecule has 0 spiro atoms. The molecule has 0 aliphatic carbocycles. The molecule has 0 aliphatic rings. The van der Waals surface area contributed by atoms with E-state index in [0.717, 1.165) is 5.52 Å². The topological polar surface area (TPSA) is 79.9 Å². The predicted molar refractivity (Wildman–Crippen MR) is 63.7 cm³/mol. The second-order valence-corrected chi connectivity index (χ2v) is 4.59. The highest BCUT2D eigenvalue weighted by atomic mass is 16.6. The van der Waals surface area contributed by atoms with E-state index in [2.05, 4.69) is 20.3 Å². The second kappa shape index (κ2) is 4.04. The van der Waals surface area contributed by atoms with E-state index in [1.165, 1.54) is 6.33 Å². The minimum absolute atomic E-state index is 0.411. The Bertz CT molecular complexity index is 542. The zero-order chi connectivity index (χ0) is 12.5. The molecule has 0 unspecified atom stereocenters. The van der Waals surface area contributed by atoms with Gasteiger partial charge in [-0.25, -0.2) is 14.8 Å². The number of fused-ring (bicyclic) bond motifs is 1. The van der Waals surface area contributed by atoms with Crippen LogP contribution >= 0.6 is 0 Å². The number of carbonyl (C=O) groups is 1. The Balaban J connectivity index is 2.18. The monoisotopic (exact) mass is 234 g/mol. The first kappa shape index (κ1) is 11.4. The molecule has 0 fully saturated rings. The molecule has 0 saturated carbocycles. The van der Waals surface area contributed by atoms with Gasteiger partial charge in [0.25, 0.3) is 0 Å². The van der Waals surface area contributed by atoms with Crippen LogP contribution in [0.3, 0.4) is 0 Å². The Kier molecular flexibility index (Phi) is 2.71. The number of ether oxygens (including phenoxy) is 1. The summed E-state index contributed by atoms with van der Waals surface area (Å²) in [6.07, 6.45) is 2.59. The fourth-order valence-electron chi connectivity index (χ4n) is 1.37. The minimum atomic E-state index is -0.536. The number of aromatic nitrogens is 3. The van der Waals surface area contributed by atoms with Gasteiger partial charge in [-0.1, -0.05) is 0 Å². The van der Waals surface area contributed by atoms with Gasteiger partial charge >= 0.3 is 6.09 Å². The number of aromatic amines is 1. The highest BCUT2D eigenvalue weighted by Gasteiger charge is 2.17. The van der Waals surface area contributed by atoms with E-state index >= 15 is 0 Å². The lowest BCUT2D eigenvalue weighted by molar-refractivity contribution is 0.0635. The third-order valence-electron chi connectivity index (χ3n) is 1.96. The molecule has 2 heterocycles. The van der Waals surface area contributed by atoms with Crippen LogP contribution in [0, 0.1) is 0 Å². The van der Waals surface area contributed by atoms with Crippen LogP contribution in [0.15, 0.2) is 18.6 Å². The Morgan fingerprint density at radius 3 is 2.88 bits per heavy atom. The van der Waals surface area contributed by atoms with Crippen LogP contribution in [0.4, 0.5) is 10.6 Å². The number of hydrogen-bond acceptors (Lipinski definition) is 4. The summed E-state index contributed by atoms with van der Waals surface area (Å²) in [4.78, 5) is 22.6. The molecular formula is C11H14N4O2. The zero-order valence-corrected chi connectivity index (χ0v) is 9.94. The number of amides is 1. The summed E-state index contributed by atoms with van der Waals surface area (Å²) in [5.41, 5.74) is 0.885. The first-order valence-corrected chi connectivity index (χ1v) is 5.24. The number of H-pyrrole nitrogens is 1. The van der Waals surface area contributed by atoms with Gasteiger partial charge in [0.2, 0.25) is 0 Å². The highest BCUT2D eigenvalue weighted by Crippen LogP contribution is 2.17. The molecule has 2 aromatic heterocycles. The molecule has 1 amide bonds. The van der Waals surface area contributed by atoms with Gasteiger partial charge in [0.15, 0.2) is 5.82 Å². The molecule has 17 heavy (non-hydrogen) atoms. The van der Waals surface area contributed by atoms with Gasteiger partial charge in [-0.15, -0.1) is 0 Å². The fourth-order valence-corrected chi connectivity index (χ4v) is 1.37. The molecule has 6 nitrogen and oxygen atoms in total. The Labute approximate surface area is 98.4 Å². The highest BCUT2D eigenvalue weighted by molar-refractivity contribution is 5.94. The number of nitrogens with zero attached hydrogens (tertiary/aromatic N) is 2. The van der Waals surface area contributed by atoms with Crippen LogP contribution in [0.2, 0.25) is 0 Å². The van der Waals surface area contributed by atoms with Crippen molar-refractivity contribution in [2.45, 2.75) is 26.4 Å². The molecule has 0 saturated heterocycles. The van der Waals surface area contributed by atoms with E-state index in [4.69, 9.17) is 4.74 Å². The van der Waals surface area contributed by atoms with Crippen molar-refractivity contribution >= 4 is 22.9 Å². The molecular weight excluding hydrogens is 220 g/mol. The van der Waals surface area contributed by atoms with E-state index in [9.17, 15) is 4.79 Å². The van der Waals surface area contributed by atoms with Crippen molar-refractivity contribution in [2.24, 2.45) is 0 Å². The third kappa shape index (κ3) is 2.72. The summed E-state index contributed by atoms with van der Waals surface area (Å²) in [6, 6.07) is 1.80. The Morgan fingerprint density at radius 2 is 2.18 bits per heavy atom. The molecule has 0 aliphatic heterocycles. The SMILES string of the molecule is CC(C)(C)OC(=O)Nc1ncnc2cc[nH]c12. The molecule has 0 atom stereocenters. The number of anilines is 1. The quantitative estimate of drug-likeness (QED) is 0.793. The molecule has 0 aromatic carbocycles. The van der Waals surface area contributed by atoms with Gasteiger partial charge in [0.05, 0.1) is 5.52 Å². The van der Waals surface area contributed by atoms with E-state index < -0.39 is 11.7 Å². The number of hydrogen-bond donors (Lipinski definition) is 2. The van der Waals surface area contributed by atoms with Crippen LogP contribution in [0.5, 0.6) is 0 Å². The molecule has 2 aromatic rings. The lowest BCUT2D eigenvalue weighted by atomic mass is 10.2. The van der Waals surface area contributed by atoms with Crippen molar-refractivity contribution in [3.05, 3.63) is 18.6 Å². The van der Waals surface area contributed by atoms with Gasteiger partial charge in [0, 0.05) is 6.20 Å². The molecule has 0 radical (unpaired) electrons. The van der Waals surface area contributed by atoms with E-state index in [0.29, 0.717) is 11.3 Å². The van der Waals surface area contributed by atoms with Gasteiger partial charge in [-0.2, -0.15) is 0 Å². The van der Waals surface area contributed by atoms with Crippen LogP contribution < -0.4 is 5.32 Å². The standard InChI is InChI=1S/C11H14N4O2/c1-11(2,3)17-10(16)15-9-8-7(4-5-12-8)13-6-14-9/h4-6,12H,1-3H3,(H,13,14,15,16). The molecule has 0 bridgehead atoms. The van der Waals surface area contributed by atoms with Gasteiger partial charge in [-0.3, -0.25) is 5.32 Å². The Morgan fingerprint density at radius 1 is 1.41 bits per heavy atom. The Hall–Kier alpha value is -2.11. The number of nitrogens with one attached hydrogen (secondary N) is 2. The smallest absolute Gasteiger partial charge is 0.413 e. The van der Waals surface area contributed by atoms with Crippen LogP contribution in [-0.4, -0.2) is 26.6 Å². The summed E-state index contributed by atoms with van der Waals surface area (Å²) in [5.74, 6) is 0.411. The average Bonchev–Trinajstić information content (AvgIpc) is 2.63. The maximum Gasteiger partial charge on any atom is 0.413 e. The lowest BCUT2D eigenvalue weighted by Gasteiger charge is -2.19. The van der Waals surface area contributed by atoms with Crippen molar-refractivity contribution in [1.29, 1.82) is 0 Å². The summed E-state index contributed by atoms with van der Waals surface area (Å²) in [5, 5.41) is 2.58. The first-order valence-electron chi connectivity index (χ1n) is 5.24. The van der Waals surface area contributed by atoms with Crippen molar-refractivity contribution in [3.8, 4) is 0 Å². The fraction of sp³-hybridized carbons (Fsp3) is 0.364. The molecule has 2 N–H and O–H groups in total. The number of rotatable bonds is 1. The van der Waals surface area contributed by atoms with Gasteiger partial charge < -0.3 is 9.72 Å². The average molecular weight is 234 g/mol. The van der Waals surface area contributed by atoms with E-state index in [1.807, 2.05) is 0 Å². The maximum absolute atomic E-state index is 11.6. The van der Waals surface area contributed by atoms with Crippen LogP contribution in [0.25, 0.3) is 11.0 Å². The van der Waals surface area contributed by atoms with E-state index in [1.54, 1.807) is 33.0 Å². The zero-order valence-electron chi connectivity index (χ0n) is 9.94. The molecule has 6 heteroatoms. The lowest BCUT2D eigenvalue weighted by Crippen LogP contribution is -2.27. The van der Waals surface area contributed by atoms with E-state index in [-0.39, 0.29) is 0 Å². The van der Waals surface area contributed by atoms with Gasteiger partial charge in [0.1, 0.15) is 17.4 Å². The largest absolute Gasteiger partial charge is 0.444 e. The first-order chi connectivity index (χ1) is 7.96. The maximum atomic E-state index is 11.6. The summed E-state index contributed by atoms with van der Waals surface area (Å²) in [7, 11) is 0. The van der Waals surface area contributed by atoms with Crippen LogP contribution in [0.1, 0.15) is 20.8 Å². The van der Waals surface area contributed by atoms with Crippen LogP contribution in [-0.2, 0) is 4.74 Å². The molecule has 90 valence electrons.